The number of thiol groups is 1. The minimum atomic E-state index is -4.07. The fourth-order valence-electron chi connectivity index (χ4n) is 4.18. The van der Waals surface area contributed by atoms with E-state index in [1.807, 2.05) is 30.3 Å². The first-order valence-corrected chi connectivity index (χ1v) is 11.8. The van der Waals surface area contributed by atoms with Crippen LogP contribution in [0.4, 0.5) is 0 Å². The number of methoxy groups -OCH3 is 1. The average Bonchev–Trinajstić information content (AvgIpc) is 3.00. The maximum absolute atomic E-state index is 13.7. The molecule has 2 atom stereocenters. The Labute approximate surface area is 182 Å². The zero-order chi connectivity index (χ0) is 21.8. The van der Waals surface area contributed by atoms with E-state index in [0.29, 0.717) is 18.6 Å². The second-order valence-corrected chi connectivity index (χ2v) is 9.41. The topological polar surface area (TPSA) is 95.9 Å². The third-order valence-electron chi connectivity index (χ3n) is 5.71. The normalized spacial score (nSPS) is 22.8. The Kier molecular flexibility index (Phi) is 7.07. The van der Waals surface area contributed by atoms with Crippen molar-refractivity contribution < 1.29 is 23.2 Å². The van der Waals surface area contributed by atoms with E-state index in [0.717, 1.165) is 12.0 Å². The molecular formula is C21H26N2O5S2. The average molecular weight is 451 g/mol. The third-order valence-corrected chi connectivity index (χ3v) is 8.15. The van der Waals surface area contributed by atoms with Gasteiger partial charge in [0.25, 0.3) is 5.91 Å². The Morgan fingerprint density at radius 1 is 1.20 bits per heavy atom. The van der Waals surface area contributed by atoms with Crippen molar-refractivity contribution in [3.8, 4) is 5.75 Å². The lowest BCUT2D eigenvalue weighted by Gasteiger charge is -2.44. The molecule has 1 aliphatic rings. The maximum Gasteiger partial charge on any atom is 0.266 e. The molecule has 162 valence electrons. The van der Waals surface area contributed by atoms with Crippen LogP contribution in [0.5, 0.6) is 5.75 Å². The van der Waals surface area contributed by atoms with Gasteiger partial charge in [-0.25, -0.2) is 13.9 Å². The predicted octanol–water partition coefficient (Wildman–Crippen LogP) is 2.83. The molecule has 3 rings (SSSR count). The van der Waals surface area contributed by atoms with Crippen molar-refractivity contribution in [1.82, 2.24) is 9.79 Å². The number of amides is 1. The summed E-state index contributed by atoms with van der Waals surface area (Å²) in [7, 11) is -2.57. The summed E-state index contributed by atoms with van der Waals surface area (Å²) in [6.07, 6.45) is 1.92. The van der Waals surface area contributed by atoms with E-state index in [2.05, 4.69) is 12.6 Å². The van der Waals surface area contributed by atoms with Crippen LogP contribution in [0.2, 0.25) is 0 Å². The van der Waals surface area contributed by atoms with Crippen molar-refractivity contribution >= 4 is 28.6 Å². The molecule has 2 N–H and O–H groups in total. The van der Waals surface area contributed by atoms with Crippen LogP contribution in [0.3, 0.4) is 0 Å². The van der Waals surface area contributed by atoms with E-state index >= 15 is 0 Å². The van der Waals surface area contributed by atoms with Crippen LogP contribution in [0.15, 0.2) is 59.5 Å². The summed E-state index contributed by atoms with van der Waals surface area (Å²) in [4.78, 5) is 13.2. The van der Waals surface area contributed by atoms with Gasteiger partial charge in [0.05, 0.1) is 12.0 Å². The fourth-order valence-corrected chi connectivity index (χ4v) is 6.62. The van der Waals surface area contributed by atoms with E-state index in [4.69, 9.17) is 4.74 Å². The van der Waals surface area contributed by atoms with Crippen LogP contribution in [0, 0.1) is 0 Å². The number of hydroxylamine groups is 1. The molecule has 0 radical (unpaired) electrons. The first kappa shape index (κ1) is 22.6. The Morgan fingerprint density at radius 2 is 1.87 bits per heavy atom. The minimum Gasteiger partial charge on any atom is -0.497 e. The SMILES string of the molecule is COc1ccc(S(=O)(=O)N2CCCCC(c3ccccc3)C2(CS)C(=O)NO)cc1. The van der Waals surface area contributed by atoms with Crippen LogP contribution in [-0.2, 0) is 14.8 Å². The molecular weight excluding hydrogens is 424 g/mol. The van der Waals surface area contributed by atoms with Gasteiger partial charge in [0.15, 0.2) is 0 Å². The highest BCUT2D eigenvalue weighted by Gasteiger charge is 2.55. The van der Waals surface area contributed by atoms with Crippen LogP contribution in [-0.4, -0.2) is 48.8 Å². The van der Waals surface area contributed by atoms with Gasteiger partial charge < -0.3 is 4.74 Å². The van der Waals surface area contributed by atoms with Crippen molar-refractivity contribution in [3.05, 3.63) is 60.2 Å². The van der Waals surface area contributed by atoms with E-state index in [9.17, 15) is 18.4 Å². The summed E-state index contributed by atoms with van der Waals surface area (Å²) >= 11 is 4.44. The molecule has 2 aromatic carbocycles. The third kappa shape index (κ3) is 3.94. The van der Waals surface area contributed by atoms with Crippen LogP contribution < -0.4 is 10.2 Å². The molecule has 1 aliphatic heterocycles. The highest BCUT2D eigenvalue weighted by atomic mass is 32.2. The first-order valence-electron chi connectivity index (χ1n) is 9.69. The second kappa shape index (κ2) is 9.38. The number of carbonyl (C=O) groups is 1. The molecule has 1 fully saturated rings. The monoisotopic (exact) mass is 450 g/mol. The molecule has 2 aromatic rings. The van der Waals surface area contributed by atoms with E-state index < -0.39 is 27.4 Å². The first-order chi connectivity index (χ1) is 14.4. The highest BCUT2D eigenvalue weighted by molar-refractivity contribution is 7.89. The van der Waals surface area contributed by atoms with E-state index in [-0.39, 0.29) is 17.2 Å². The van der Waals surface area contributed by atoms with Gasteiger partial charge in [0.2, 0.25) is 10.0 Å². The Hall–Kier alpha value is -2.07. The Morgan fingerprint density at radius 3 is 2.43 bits per heavy atom. The van der Waals surface area contributed by atoms with Gasteiger partial charge in [-0.15, -0.1) is 0 Å². The van der Waals surface area contributed by atoms with Gasteiger partial charge >= 0.3 is 0 Å². The standard InChI is InChI=1S/C21H26N2O5S2/c1-28-17-10-12-18(13-11-17)30(26,27)23-14-6-5-9-19(16-7-3-2-4-8-16)21(23,15-29)20(24)22-25/h2-4,7-8,10-13,19,25,29H,5-6,9,14-15H2,1H3,(H,22,24). The van der Waals surface area contributed by atoms with Crippen molar-refractivity contribution in [1.29, 1.82) is 0 Å². The molecule has 0 spiro atoms. The molecule has 1 heterocycles. The molecule has 0 saturated carbocycles. The largest absolute Gasteiger partial charge is 0.497 e. The van der Waals surface area contributed by atoms with Gasteiger partial charge in [-0.2, -0.15) is 16.9 Å². The summed E-state index contributed by atoms with van der Waals surface area (Å²) in [5.74, 6) is -0.821. The number of hydrogen-bond acceptors (Lipinski definition) is 6. The number of sulfonamides is 1. The van der Waals surface area contributed by atoms with Crippen molar-refractivity contribution in [3.63, 3.8) is 0 Å². The van der Waals surface area contributed by atoms with Gasteiger partial charge in [0.1, 0.15) is 11.3 Å². The van der Waals surface area contributed by atoms with Crippen molar-refractivity contribution in [2.45, 2.75) is 35.6 Å². The van der Waals surface area contributed by atoms with E-state index in [1.54, 1.807) is 17.6 Å². The summed E-state index contributed by atoms with van der Waals surface area (Å²) in [5.41, 5.74) is 0.949. The number of rotatable bonds is 6. The summed E-state index contributed by atoms with van der Waals surface area (Å²) < 4.78 is 33.7. The Balaban J connectivity index is 2.19. The zero-order valence-electron chi connectivity index (χ0n) is 16.7. The highest BCUT2D eigenvalue weighted by Crippen LogP contribution is 2.43. The van der Waals surface area contributed by atoms with Crippen LogP contribution >= 0.6 is 12.6 Å². The summed E-state index contributed by atoms with van der Waals surface area (Å²) in [6, 6.07) is 15.3. The number of nitrogens with zero attached hydrogens (tertiary/aromatic N) is 1. The van der Waals surface area contributed by atoms with Crippen LogP contribution in [0.25, 0.3) is 0 Å². The molecule has 7 nitrogen and oxygen atoms in total. The smallest absolute Gasteiger partial charge is 0.266 e. The fraction of sp³-hybridized carbons (Fsp3) is 0.381. The van der Waals surface area contributed by atoms with Gasteiger partial charge in [-0.1, -0.05) is 36.8 Å². The van der Waals surface area contributed by atoms with E-state index in [1.165, 1.54) is 23.5 Å². The maximum atomic E-state index is 13.7. The molecule has 0 bridgehead atoms. The lowest BCUT2D eigenvalue weighted by atomic mass is 9.77. The summed E-state index contributed by atoms with van der Waals surface area (Å²) in [5, 5.41) is 9.59. The van der Waals surface area contributed by atoms with Crippen molar-refractivity contribution in [2.24, 2.45) is 0 Å². The summed E-state index contributed by atoms with van der Waals surface area (Å²) in [6.45, 7) is 0.145. The molecule has 1 amide bonds. The number of carbonyl (C=O) groups excluding carboxylic acids is 1. The predicted molar refractivity (Wildman–Crippen MR) is 116 cm³/mol. The number of hydrogen-bond donors (Lipinski definition) is 3. The quantitative estimate of drug-likeness (QED) is 0.357. The lowest BCUT2D eigenvalue weighted by Crippen LogP contribution is -2.64. The van der Waals surface area contributed by atoms with Crippen LogP contribution in [0.1, 0.15) is 30.7 Å². The van der Waals surface area contributed by atoms with Gasteiger partial charge in [-0.05, 0) is 42.7 Å². The van der Waals surface area contributed by atoms with Gasteiger partial charge in [-0.3, -0.25) is 10.0 Å². The van der Waals surface area contributed by atoms with Gasteiger partial charge in [0, 0.05) is 18.2 Å². The Bertz CT molecular complexity index is 967. The number of benzene rings is 2. The minimum absolute atomic E-state index is 0.0499. The van der Waals surface area contributed by atoms with Crippen molar-refractivity contribution in [2.75, 3.05) is 19.4 Å². The second-order valence-electron chi connectivity index (χ2n) is 7.24. The number of nitrogens with one attached hydrogen (secondary N) is 1. The molecule has 9 heteroatoms. The lowest BCUT2D eigenvalue weighted by molar-refractivity contribution is -0.139. The molecule has 0 aliphatic carbocycles. The molecule has 2 unspecified atom stereocenters. The molecule has 1 saturated heterocycles. The molecule has 0 aromatic heterocycles. The molecule has 30 heavy (non-hydrogen) atoms. The zero-order valence-corrected chi connectivity index (χ0v) is 18.4. The number of ether oxygens (including phenoxy) is 1.